The predicted molar refractivity (Wildman–Crippen MR) is 86.4 cm³/mol. The van der Waals surface area contributed by atoms with Crippen molar-refractivity contribution in [2.75, 3.05) is 19.8 Å². The minimum atomic E-state index is -2.12. The fraction of sp³-hybridized carbons (Fsp3) is 0.667. The summed E-state index contributed by atoms with van der Waals surface area (Å²) < 4.78 is 24.9. The Kier molecular flexibility index (Phi) is 6.39. The molecule has 5 heteroatoms. The van der Waals surface area contributed by atoms with Gasteiger partial charge in [-0.2, -0.15) is 0 Å². The lowest BCUT2D eigenvalue weighted by atomic mass is 9.79. The van der Waals surface area contributed by atoms with E-state index in [4.69, 9.17) is 14.6 Å². The predicted octanol–water partition coefficient (Wildman–Crippen LogP) is 3.02. The van der Waals surface area contributed by atoms with Gasteiger partial charge in [0.2, 0.25) is 0 Å². The molecule has 3 atom stereocenters. The van der Waals surface area contributed by atoms with Crippen molar-refractivity contribution in [3.05, 3.63) is 35.1 Å². The molecule has 3 unspecified atom stereocenters. The van der Waals surface area contributed by atoms with E-state index in [2.05, 4.69) is 19.1 Å². The van der Waals surface area contributed by atoms with Gasteiger partial charge in [-0.1, -0.05) is 30.7 Å². The summed E-state index contributed by atoms with van der Waals surface area (Å²) in [7, 11) is 0. The lowest BCUT2D eigenvalue weighted by molar-refractivity contribution is -0.199. The van der Waals surface area contributed by atoms with Crippen molar-refractivity contribution in [3.63, 3.8) is 0 Å². The molecule has 2 aliphatic carbocycles. The lowest BCUT2D eigenvalue weighted by Gasteiger charge is -2.30. The molecule has 0 heterocycles. The maximum atomic E-state index is 14.0. The maximum Gasteiger partial charge on any atom is 0.191 e. The van der Waals surface area contributed by atoms with Crippen LogP contribution in [0.4, 0.5) is 4.39 Å². The zero-order valence-corrected chi connectivity index (χ0v) is 13.9. The summed E-state index contributed by atoms with van der Waals surface area (Å²) in [5.74, 6) is 1.40. The van der Waals surface area contributed by atoms with E-state index in [-0.39, 0.29) is 19.6 Å². The molecular formula is C18H27FO4. The minimum Gasteiger partial charge on any atom is -0.495 e. The number of alkyl halides is 1. The third-order valence-corrected chi connectivity index (χ3v) is 4.71. The number of halogens is 1. The van der Waals surface area contributed by atoms with Crippen LogP contribution >= 0.6 is 0 Å². The van der Waals surface area contributed by atoms with Gasteiger partial charge in [0, 0.05) is 12.3 Å². The quantitative estimate of drug-likeness (QED) is 0.532. The maximum absolute atomic E-state index is 14.0. The van der Waals surface area contributed by atoms with Crippen LogP contribution in [0.15, 0.2) is 35.1 Å². The second-order valence-corrected chi connectivity index (χ2v) is 6.21. The third kappa shape index (κ3) is 4.22. The fourth-order valence-electron chi connectivity index (χ4n) is 3.06. The molecule has 0 saturated heterocycles. The average molecular weight is 326 g/mol. The van der Waals surface area contributed by atoms with Crippen LogP contribution in [-0.2, 0) is 9.47 Å². The van der Waals surface area contributed by atoms with E-state index < -0.39 is 18.6 Å². The molecule has 0 aliphatic heterocycles. The number of rotatable bonds is 8. The number of allylic oxidation sites excluding steroid dienone is 6. The van der Waals surface area contributed by atoms with Gasteiger partial charge in [0.15, 0.2) is 12.0 Å². The van der Waals surface area contributed by atoms with E-state index in [1.807, 2.05) is 6.08 Å². The summed E-state index contributed by atoms with van der Waals surface area (Å²) in [6, 6.07) is 0. The van der Waals surface area contributed by atoms with Gasteiger partial charge in [-0.25, -0.2) is 4.39 Å². The molecule has 23 heavy (non-hydrogen) atoms. The van der Waals surface area contributed by atoms with Crippen LogP contribution in [-0.4, -0.2) is 42.0 Å². The molecule has 2 rings (SSSR count). The molecule has 130 valence electrons. The summed E-state index contributed by atoms with van der Waals surface area (Å²) in [4.78, 5) is 0. The summed E-state index contributed by atoms with van der Waals surface area (Å²) in [6.07, 6.45) is 7.73. The van der Waals surface area contributed by atoms with Crippen LogP contribution in [0, 0.1) is 5.92 Å². The third-order valence-electron chi connectivity index (χ3n) is 4.71. The highest BCUT2D eigenvalue weighted by molar-refractivity contribution is 5.40. The van der Waals surface area contributed by atoms with E-state index >= 15 is 0 Å². The molecule has 2 N–H and O–H groups in total. The number of aliphatic hydroxyl groups is 2. The minimum absolute atomic E-state index is 0.0150. The fourth-order valence-corrected chi connectivity index (χ4v) is 3.06. The highest BCUT2D eigenvalue weighted by atomic mass is 19.1. The van der Waals surface area contributed by atoms with Crippen molar-refractivity contribution in [2.24, 2.45) is 5.92 Å². The standard InChI is InChI=1S/C18H27FO4/c1-3-18(19,12-20)17(21)23-11-10-22-16-9-5-7-14-13(2)6-4-8-15(14)16/h4,6,8,14,17,20-21H,3,5,7,9-12H2,1-2H3. The Morgan fingerprint density at radius 2 is 2.22 bits per heavy atom. The first-order valence-corrected chi connectivity index (χ1v) is 8.32. The highest BCUT2D eigenvalue weighted by Gasteiger charge is 2.36. The second kappa shape index (κ2) is 8.08. The van der Waals surface area contributed by atoms with Gasteiger partial charge >= 0.3 is 0 Å². The van der Waals surface area contributed by atoms with E-state index in [0.717, 1.165) is 25.0 Å². The normalized spacial score (nSPS) is 24.7. The van der Waals surface area contributed by atoms with Crippen LogP contribution in [0.3, 0.4) is 0 Å². The van der Waals surface area contributed by atoms with Crippen molar-refractivity contribution >= 4 is 0 Å². The highest BCUT2D eigenvalue weighted by Crippen LogP contribution is 2.38. The zero-order chi connectivity index (χ0) is 16.9. The van der Waals surface area contributed by atoms with Crippen molar-refractivity contribution in [3.8, 4) is 0 Å². The van der Waals surface area contributed by atoms with Gasteiger partial charge in [0.25, 0.3) is 0 Å². The second-order valence-electron chi connectivity index (χ2n) is 6.21. The molecule has 4 nitrogen and oxygen atoms in total. The monoisotopic (exact) mass is 326 g/mol. The van der Waals surface area contributed by atoms with E-state index in [1.54, 1.807) is 6.92 Å². The molecule has 0 bridgehead atoms. The molecular weight excluding hydrogens is 299 g/mol. The van der Waals surface area contributed by atoms with Gasteiger partial charge < -0.3 is 19.7 Å². The molecule has 0 aromatic heterocycles. The summed E-state index contributed by atoms with van der Waals surface area (Å²) >= 11 is 0. The molecule has 0 aromatic rings. The summed E-state index contributed by atoms with van der Waals surface area (Å²) in [5.41, 5.74) is 0.454. The first-order valence-electron chi connectivity index (χ1n) is 8.32. The first kappa shape index (κ1) is 18.2. The van der Waals surface area contributed by atoms with E-state index in [9.17, 15) is 9.50 Å². The van der Waals surface area contributed by atoms with Crippen LogP contribution < -0.4 is 0 Å². The van der Waals surface area contributed by atoms with E-state index in [0.29, 0.717) is 5.92 Å². The molecule has 2 aliphatic rings. The lowest BCUT2D eigenvalue weighted by Crippen LogP contribution is -2.43. The molecule has 0 amide bonds. The first-order chi connectivity index (χ1) is 11.0. The Balaban J connectivity index is 1.85. The van der Waals surface area contributed by atoms with Crippen molar-refractivity contribution in [2.45, 2.75) is 51.5 Å². The van der Waals surface area contributed by atoms with Gasteiger partial charge in [-0.05, 0) is 31.8 Å². The largest absolute Gasteiger partial charge is 0.495 e. The van der Waals surface area contributed by atoms with Gasteiger partial charge in [-0.3, -0.25) is 0 Å². The van der Waals surface area contributed by atoms with E-state index in [1.165, 1.54) is 11.1 Å². The Labute approximate surface area is 137 Å². The van der Waals surface area contributed by atoms with Gasteiger partial charge in [0.1, 0.15) is 6.61 Å². The number of fused-ring (bicyclic) bond motifs is 1. The van der Waals surface area contributed by atoms with Gasteiger partial charge in [-0.15, -0.1) is 0 Å². The Bertz CT molecular complexity index is 491. The topological polar surface area (TPSA) is 58.9 Å². The number of hydrogen-bond acceptors (Lipinski definition) is 4. The summed E-state index contributed by atoms with van der Waals surface area (Å²) in [6.45, 7) is 3.26. The van der Waals surface area contributed by atoms with Crippen molar-refractivity contribution < 1.29 is 24.1 Å². The molecule has 0 radical (unpaired) electrons. The van der Waals surface area contributed by atoms with Crippen LogP contribution in [0.2, 0.25) is 0 Å². The number of ether oxygens (including phenoxy) is 2. The molecule has 0 saturated carbocycles. The van der Waals surface area contributed by atoms with Crippen molar-refractivity contribution in [1.29, 1.82) is 0 Å². The Morgan fingerprint density at radius 1 is 1.43 bits per heavy atom. The van der Waals surface area contributed by atoms with Crippen LogP contribution in [0.25, 0.3) is 0 Å². The van der Waals surface area contributed by atoms with Crippen LogP contribution in [0.5, 0.6) is 0 Å². The number of aliphatic hydroxyl groups excluding tert-OH is 2. The van der Waals surface area contributed by atoms with Gasteiger partial charge in [0.05, 0.1) is 19.0 Å². The molecule has 0 fully saturated rings. The Hall–Kier alpha value is -1.17. The van der Waals surface area contributed by atoms with Crippen molar-refractivity contribution in [1.82, 2.24) is 0 Å². The average Bonchev–Trinajstić information content (AvgIpc) is 2.58. The molecule has 0 spiro atoms. The smallest absolute Gasteiger partial charge is 0.191 e. The SMILES string of the molecule is CCC(F)(CO)C(O)OCCOC1=C2C=CC=C(C)C2CCC1. The zero-order valence-electron chi connectivity index (χ0n) is 13.9. The number of hydrogen-bond donors (Lipinski definition) is 2. The van der Waals surface area contributed by atoms with Crippen LogP contribution in [0.1, 0.15) is 39.5 Å². The Morgan fingerprint density at radius 3 is 2.91 bits per heavy atom. The molecule has 0 aromatic carbocycles. The summed E-state index contributed by atoms with van der Waals surface area (Å²) in [5, 5.41) is 18.7.